The molecule has 0 saturated heterocycles. The molecule has 1 aromatic carbocycles. The fourth-order valence-corrected chi connectivity index (χ4v) is 2.04. The molecular weight excluding hydrogens is 250 g/mol. The van der Waals surface area contributed by atoms with Crippen molar-refractivity contribution in [2.24, 2.45) is 5.92 Å². The van der Waals surface area contributed by atoms with E-state index in [1.807, 2.05) is 24.3 Å². The molecule has 0 radical (unpaired) electrons. The number of rotatable bonds is 7. The average Bonchev–Trinajstić information content (AvgIpc) is 2.42. The number of carbonyl (C=O) groups excluding carboxylic acids is 1. The molecule has 0 aromatic heterocycles. The van der Waals surface area contributed by atoms with Crippen LogP contribution in [-0.4, -0.2) is 23.9 Å². The Morgan fingerprint density at radius 2 is 2.00 bits per heavy atom. The second-order valence-corrected chi connectivity index (χ2v) is 5.38. The van der Waals surface area contributed by atoms with Gasteiger partial charge in [-0.1, -0.05) is 26.0 Å². The summed E-state index contributed by atoms with van der Waals surface area (Å²) < 4.78 is 0. The largest absolute Gasteiger partial charge is 0.399 e. The van der Waals surface area contributed by atoms with Gasteiger partial charge in [0.2, 0.25) is 5.91 Å². The van der Waals surface area contributed by atoms with Crippen LogP contribution < -0.4 is 5.73 Å². The summed E-state index contributed by atoms with van der Waals surface area (Å²) in [5.74, 6) is 0.528. The Morgan fingerprint density at radius 3 is 2.55 bits per heavy atom. The van der Waals surface area contributed by atoms with E-state index in [0.29, 0.717) is 38.3 Å². The highest BCUT2D eigenvalue weighted by Crippen LogP contribution is 2.10. The minimum Gasteiger partial charge on any atom is -0.399 e. The Bertz CT molecular complexity index is 460. The molecule has 108 valence electrons. The van der Waals surface area contributed by atoms with Gasteiger partial charge in [-0.15, -0.1) is 0 Å². The molecule has 1 aromatic rings. The molecule has 1 amide bonds. The third-order valence-electron chi connectivity index (χ3n) is 3.04. The van der Waals surface area contributed by atoms with Gasteiger partial charge in [-0.25, -0.2) is 0 Å². The van der Waals surface area contributed by atoms with Crippen molar-refractivity contribution in [3.05, 3.63) is 29.8 Å². The first kappa shape index (κ1) is 16.0. The van der Waals surface area contributed by atoms with Gasteiger partial charge >= 0.3 is 0 Å². The van der Waals surface area contributed by atoms with Crippen molar-refractivity contribution < 1.29 is 4.79 Å². The zero-order chi connectivity index (χ0) is 15.0. The van der Waals surface area contributed by atoms with Crippen LogP contribution >= 0.6 is 0 Å². The fourth-order valence-electron chi connectivity index (χ4n) is 2.04. The summed E-state index contributed by atoms with van der Waals surface area (Å²) in [5, 5.41) is 8.67. The number of amides is 1. The minimum atomic E-state index is 0.116. The number of aryl methyl sites for hydroxylation is 1. The highest BCUT2D eigenvalue weighted by Gasteiger charge is 2.14. The van der Waals surface area contributed by atoms with E-state index in [1.165, 1.54) is 0 Å². The van der Waals surface area contributed by atoms with Crippen molar-refractivity contribution in [3.63, 3.8) is 0 Å². The van der Waals surface area contributed by atoms with Gasteiger partial charge < -0.3 is 10.6 Å². The Labute approximate surface area is 121 Å². The predicted octanol–water partition coefficient (Wildman–Crippen LogP) is 2.60. The molecule has 0 aliphatic heterocycles. The second kappa shape index (κ2) is 8.21. The van der Waals surface area contributed by atoms with Crippen molar-refractivity contribution in [2.45, 2.75) is 33.1 Å². The van der Waals surface area contributed by atoms with E-state index < -0.39 is 0 Å². The SMILES string of the molecule is CC(C)CN(CCC#N)C(=O)CCc1ccc(N)cc1. The fraction of sp³-hybridized carbons (Fsp3) is 0.500. The Balaban J connectivity index is 2.52. The summed E-state index contributed by atoms with van der Waals surface area (Å²) in [6.07, 6.45) is 1.57. The van der Waals surface area contributed by atoms with E-state index in [4.69, 9.17) is 11.0 Å². The first-order valence-corrected chi connectivity index (χ1v) is 7.02. The third-order valence-corrected chi connectivity index (χ3v) is 3.04. The zero-order valence-electron chi connectivity index (χ0n) is 12.3. The van der Waals surface area contributed by atoms with Gasteiger partial charge in [0.05, 0.1) is 12.5 Å². The lowest BCUT2D eigenvalue weighted by atomic mass is 10.1. The maximum Gasteiger partial charge on any atom is 0.222 e. The highest BCUT2D eigenvalue weighted by molar-refractivity contribution is 5.76. The van der Waals surface area contributed by atoms with Crippen LogP contribution in [0.25, 0.3) is 0 Å². The molecule has 0 atom stereocenters. The lowest BCUT2D eigenvalue weighted by Crippen LogP contribution is -2.35. The highest BCUT2D eigenvalue weighted by atomic mass is 16.2. The number of carbonyl (C=O) groups is 1. The van der Waals surface area contributed by atoms with Gasteiger partial charge in [-0.3, -0.25) is 4.79 Å². The van der Waals surface area contributed by atoms with Crippen molar-refractivity contribution in [2.75, 3.05) is 18.8 Å². The van der Waals surface area contributed by atoms with Crippen LogP contribution in [0.15, 0.2) is 24.3 Å². The van der Waals surface area contributed by atoms with E-state index in [1.54, 1.807) is 4.90 Å². The summed E-state index contributed by atoms with van der Waals surface area (Å²) in [5.41, 5.74) is 7.48. The molecular formula is C16H23N3O. The molecule has 0 heterocycles. The zero-order valence-corrected chi connectivity index (χ0v) is 12.3. The quantitative estimate of drug-likeness (QED) is 0.776. The number of hydrogen-bond donors (Lipinski definition) is 1. The number of benzene rings is 1. The number of nitrogen functional groups attached to an aromatic ring is 1. The minimum absolute atomic E-state index is 0.116. The maximum atomic E-state index is 12.2. The van der Waals surface area contributed by atoms with E-state index >= 15 is 0 Å². The molecule has 2 N–H and O–H groups in total. The normalized spacial score (nSPS) is 10.3. The van der Waals surface area contributed by atoms with Crippen LogP contribution in [0.4, 0.5) is 5.69 Å². The number of nitrogens with two attached hydrogens (primary N) is 1. The first-order valence-electron chi connectivity index (χ1n) is 7.02. The molecule has 0 fully saturated rings. The summed E-state index contributed by atoms with van der Waals surface area (Å²) in [4.78, 5) is 14.0. The van der Waals surface area contributed by atoms with E-state index in [0.717, 1.165) is 11.3 Å². The lowest BCUT2D eigenvalue weighted by Gasteiger charge is -2.23. The standard InChI is InChI=1S/C16H23N3O/c1-13(2)12-19(11-3-10-17)16(20)9-6-14-4-7-15(18)8-5-14/h4-5,7-8,13H,3,6,9,11-12,18H2,1-2H3. The average molecular weight is 273 g/mol. The Morgan fingerprint density at radius 1 is 1.35 bits per heavy atom. The number of nitriles is 1. The van der Waals surface area contributed by atoms with Gasteiger partial charge in [0.25, 0.3) is 0 Å². The number of hydrogen-bond acceptors (Lipinski definition) is 3. The molecule has 4 heteroatoms. The Kier molecular flexibility index (Phi) is 6.58. The molecule has 0 unspecified atom stereocenters. The van der Waals surface area contributed by atoms with E-state index in [9.17, 15) is 4.79 Å². The second-order valence-electron chi connectivity index (χ2n) is 5.38. The van der Waals surface area contributed by atoms with Crippen LogP contribution in [0.5, 0.6) is 0 Å². The molecule has 20 heavy (non-hydrogen) atoms. The van der Waals surface area contributed by atoms with Crippen LogP contribution in [0.1, 0.15) is 32.3 Å². The molecule has 0 aliphatic carbocycles. The van der Waals surface area contributed by atoms with Crippen molar-refractivity contribution in [1.29, 1.82) is 5.26 Å². The summed E-state index contributed by atoms with van der Waals surface area (Å²) >= 11 is 0. The van der Waals surface area contributed by atoms with Crippen LogP contribution in [-0.2, 0) is 11.2 Å². The van der Waals surface area contributed by atoms with Crippen molar-refractivity contribution >= 4 is 11.6 Å². The maximum absolute atomic E-state index is 12.2. The topological polar surface area (TPSA) is 70.1 Å². The van der Waals surface area contributed by atoms with Crippen LogP contribution in [0.3, 0.4) is 0 Å². The van der Waals surface area contributed by atoms with Gasteiger partial charge in [0, 0.05) is 25.2 Å². The predicted molar refractivity (Wildman–Crippen MR) is 80.8 cm³/mol. The number of anilines is 1. The van der Waals surface area contributed by atoms with Crippen LogP contribution in [0, 0.1) is 17.2 Å². The summed E-state index contributed by atoms with van der Waals surface area (Å²) in [6.45, 7) is 5.39. The van der Waals surface area contributed by atoms with Gasteiger partial charge in [-0.05, 0) is 30.0 Å². The number of nitrogens with zero attached hydrogens (tertiary/aromatic N) is 2. The molecule has 0 bridgehead atoms. The monoisotopic (exact) mass is 273 g/mol. The van der Waals surface area contributed by atoms with Crippen molar-refractivity contribution in [1.82, 2.24) is 4.90 Å². The molecule has 0 aliphatic rings. The van der Waals surface area contributed by atoms with E-state index in [-0.39, 0.29) is 5.91 Å². The van der Waals surface area contributed by atoms with Crippen LogP contribution in [0.2, 0.25) is 0 Å². The lowest BCUT2D eigenvalue weighted by molar-refractivity contribution is -0.131. The molecule has 4 nitrogen and oxygen atoms in total. The third kappa shape index (κ3) is 5.75. The van der Waals surface area contributed by atoms with Crippen molar-refractivity contribution in [3.8, 4) is 6.07 Å². The molecule has 0 saturated carbocycles. The van der Waals surface area contributed by atoms with E-state index in [2.05, 4.69) is 19.9 Å². The summed E-state index contributed by atoms with van der Waals surface area (Å²) in [6, 6.07) is 9.69. The Hall–Kier alpha value is -2.02. The van der Waals surface area contributed by atoms with Gasteiger partial charge in [-0.2, -0.15) is 5.26 Å². The smallest absolute Gasteiger partial charge is 0.222 e. The molecule has 0 spiro atoms. The summed E-state index contributed by atoms with van der Waals surface area (Å²) in [7, 11) is 0. The first-order chi connectivity index (χ1) is 9.52. The molecule has 1 rings (SSSR count). The van der Waals surface area contributed by atoms with Gasteiger partial charge in [0.15, 0.2) is 0 Å². The van der Waals surface area contributed by atoms with Gasteiger partial charge in [0.1, 0.15) is 0 Å².